The van der Waals surface area contributed by atoms with Crippen molar-refractivity contribution in [2.45, 2.75) is 105 Å². The summed E-state index contributed by atoms with van der Waals surface area (Å²) in [6, 6.07) is 8.76. The minimum atomic E-state index is 0.396. The van der Waals surface area contributed by atoms with Crippen molar-refractivity contribution < 1.29 is 9.47 Å². The van der Waals surface area contributed by atoms with Crippen molar-refractivity contribution in [1.29, 1.82) is 0 Å². The van der Waals surface area contributed by atoms with Crippen LogP contribution in [0.1, 0.15) is 91.2 Å². The van der Waals surface area contributed by atoms with E-state index in [1.54, 1.807) is 0 Å². The quantitative estimate of drug-likeness (QED) is 0.435. The lowest BCUT2D eigenvalue weighted by Gasteiger charge is -2.38. The fourth-order valence-corrected chi connectivity index (χ4v) is 5.85. The molecule has 0 saturated heterocycles. The van der Waals surface area contributed by atoms with E-state index in [0.717, 1.165) is 25.0 Å². The molecule has 0 N–H and O–H groups in total. The molecule has 30 heavy (non-hydrogen) atoms. The van der Waals surface area contributed by atoms with Gasteiger partial charge in [0.2, 0.25) is 0 Å². The van der Waals surface area contributed by atoms with Gasteiger partial charge < -0.3 is 9.47 Å². The zero-order chi connectivity index (χ0) is 21.7. The maximum atomic E-state index is 6.57. The van der Waals surface area contributed by atoms with Crippen molar-refractivity contribution in [3.8, 4) is 0 Å². The summed E-state index contributed by atoms with van der Waals surface area (Å²) in [4.78, 5) is 0. The molecule has 6 atom stereocenters. The summed E-state index contributed by atoms with van der Waals surface area (Å²) < 4.78 is 13.1. The second kappa shape index (κ2) is 11.1. The molecule has 0 amide bonds. The standard InChI is InChI=1S/C28H46O2/c1-19(2)25-13-11-21(5)15-27(25)29-17-23-9-7-8-10-24(23)18-30-28-16-22(6)12-14-26(28)20(3)4/h7-10,19-22,25-28H,11-18H2,1-6H3. The van der Waals surface area contributed by atoms with Gasteiger partial charge in [0.1, 0.15) is 0 Å². The average Bonchev–Trinajstić information content (AvgIpc) is 2.71. The minimum absolute atomic E-state index is 0.396. The van der Waals surface area contributed by atoms with Crippen LogP contribution in [-0.4, -0.2) is 12.2 Å². The number of ether oxygens (including phenoxy) is 2. The van der Waals surface area contributed by atoms with Crippen molar-refractivity contribution in [2.24, 2.45) is 35.5 Å². The second-order valence-corrected chi connectivity index (χ2v) is 11.1. The van der Waals surface area contributed by atoms with Gasteiger partial charge in [0.05, 0.1) is 25.4 Å². The predicted octanol–water partition coefficient (Wildman–Crippen LogP) is 7.64. The van der Waals surface area contributed by atoms with Crippen LogP contribution in [0.4, 0.5) is 0 Å². The highest BCUT2D eigenvalue weighted by atomic mass is 16.5. The van der Waals surface area contributed by atoms with Gasteiger partial charge in [0.25, 0.3) is 0 Å². The van der Waals surface area contributed by atoms with Crippen LogP contribution in [0.3, 0.4) is 0 Å². The molecule has 0 aliphatic heterocycles. The highest BCUT2D eigenvalue weighted by Crippen LogP contribution is 2.37. The van der Waals surface area contributed by atoms with E-state index in [-0.39, 0.29) is 0 Å². The molecule has 0 aromatic heterocycles. The molecule has 2 fully saturated rings. The maximum absolute atomic E-state index is 6.57. The number of benzene rings is 1. The van der Waals surface area contributed by atoms with Crippen molar-refractivity contribution in [3.63, 3.8) is 0 Å². The molecule has 6 unspecified atom stereocenters. The Labute approximate surface area is 186 Å². The highest BCUT2D eigenvalue weighted by molar-refractivity contribution is 5.26. The molecule has 0 spiro atoms. The summed E-state index contributed by atoms with van der Waals surface area (Å²) in [7, 11) is 0. The molecule has 2 saturated carbocycles. The van der Waals surface area contributed by atoms with Crippen molar-refractivity contribution in [1.82, 2.24) is 0 Å². The fraction of sp³-hybridized carbons (Fsp3) is 0.786. The summed E-state index contributed by atoms with van der Waals surface area (Å²) >= 11 is 0. The first-order valence-electron chi connectivity index (χ1n) is 12.6. The van der Waals surface area contributed by atoms with Gasteiger partial charge in [-0.1, -0.05) is 78.6 Å². The van der Waals surface area contributed by atoms with Crippen molar-refractivity contribution in [3.05, 3.63) is 35.4 Å². The fourth-order valence-electron chi connectivity index (χ4n) is 5.85. The molecule has 2 aliphatic rings. The predicted molar refractivity (Wildman–Crippen MR) is 126 cm³/mol. The third-order valence-corrected chi connectivity index (χ3v) is 7.95. The normalized spacial score (nSPS) is 32.7. The van der Waals surface area contributed by atoms with E-state index in [2.05, 4.69) is 65.8 Å². The summed E-state index contributed by atoms with van der Waals surface area (Å²) in [5, 5.41) is 0. The van der Waals surface area contributed by atoms with Crippen LogP contribution in [0, 0.1) is 35.5 Å². The van der Waals surface area contributed by atoms with Gasteiger partial charge in [0.15, 0.2) is 0 Å². The second-order valence-electron chi connectivity index (χ2n) is 11.1. The molecular weight excluding hydrogens is 368 g/mol. The number of rotatable bonds is 8. The third kappa shape index (κ3) is 6.33. The molecule has 170 valence electrons. The Balaban J connectivity index is 1.61. The Morgan fingerprint density at radius 2 is 1.10 bits per heavy atom. The summed E-state index contributed by atoms with van der Waals surface area (Å²) in [5.74, 6) is 4.35. The van der Waals surface area contributed by atoms with Gasteiger partial charge in [-0.3, -0.25) is 0 Å². The Morgan fingerprint density at radius 3 is 1.47 bits per heavy atom. The van der Waals surface area contributed by atoms with Crippen LogP contribution < -0.4 is 0 Å². The maximum Gasteiger partial charge on any atom is 0.0724 e. The molecule has 3 rings (SSSR count). The molecular formula is C28H46O2. The van der Waals surface area contributed by atoms with E-state index in [4.69, 9.17) is 9.47 Å². The summed E-state index contributed by atoms with van der Waals surface area (Å²) in [6.45, 7) is 15.6. The molecule has 0 radical (unpaired) electrons. The molecule has 2 heteroatoms. The first-order chi connectivity index (χ1) is 14.3. The lowest BCUT2D eigenvalue weighted by atomic mass is 9.75. The average molecular weight is 415 g/mol. The highest BCUT2D eigenvalue weighted by Gasteiger charge is 2.32. The molecule has 0 bridgehead atoms. The van der Waals surface area contributed by atoms with E-state index in [1.807, 2.05) is 0 Å². The lowest BCUT2D eigenvalue weighted by molar-refractivity contribution is -0.0539. The molecule has 2 nitrogen and oxygen atoms in total. The first kappa shape index (κ1) is 23.8. The van der Waals surface area contributed by atoms with E-state index in [1.165, 1.54) is 49.7 Å². The van der Waals surface area contributed by atoms with E-state index in [9.17, 15) is 0 Å². The molecule has 1 aromatic rings. The van der Waals surface area contributed by atoms with Crippen molar-refractivity contribution >= 4 is 0 Å². The molecule has 0 heterocycles. The van der Waals surface area contributed by atoms with Gasteiger partial charge in [-0.15, -0.1) is 0 Å². The van der Waals surface area contributed by atoms with Crippen LogP contribution in [0.2, 0.25) is 0 Å². The SMILES string of the molecule is CC1CCC(C(C)C)C(OCc2ccccc2COC2CC(C)CCC2C(C)C)C1. The molecule has 2 aliphatic carbocycles. The Hall–Kier alpha value is -0.860. The third-order valence-electron chi connectivity index (χ3n) is 7.95. The van der Waals surface area contributed by atoms with Gasteiger partial charge in [-0.25, -0.2) is 0 Å². The largest absolute Gasteiger partial charge is 0.373 e. The van der Waals surface area contributed by atoms with Gasteiger partial charge >= 0.3 is 0 Å². The van der Waals surface area contributed by atoms with Crippen LogP contribution in [0.15, 0.2) is 24.3 Å². The van der Waals surface area contributed by atoms with Crippen molar-refractivity contribution in [2.75, 3.05) is 0 Å². The number of hydrogen-bond donors (Lipinski definition) is 0. The first-order valence-corrected chi connectivity index (χ1v) is 12.6. The summed E-state index contributed by atoms with van der Waals surface area (Å²) in [6.07, 6.45) is 8.53. The van der Waals surface area contributed by atoms with Gasteiger partial charge in [-0.05, 0) is 72.3 Å². The van der Waals surface area contributed by atoms with Gasteiger partial charge in [-0.2, -0.15) is 0 Å². The number of hydrogen-bond acceptors (Lipinski definition) is 2. The summed E-state index contributed by atoms with van der Waals surface area (Å²) in [5.41, 5.74) is 2.62. The zero-order valence-electron chi connectivity index (χ0n) is 20.4. The Bertz CT molecular complexity index is 582. The Kier molecular flexibility index (Phi) is 8.83. The molecule has 1 aromatic carbocycles. The van der Waals surface area contributed by atoms with E-state index >= 15 is 0 Å². The minimum Gasteiger partial charge on any atom is -0.373 e. The van der Waals surface area contributed by atoms with E-state index in [0.29, 0.717) is 35.9 Å². The van der Waals surface area contributed by atoms with Crippen LogP contribution in [-0.2, 0) is 22.7 Å². The van der Waals surface area contributed by atoms with Crippen LogP contribution >= 0.6 is 0 Å². The zero-order valence-corrected chi connectivity index (χ0v) is 20.4. The monoisotopic (exact) mass is 414 g/mol. The smallest absolute Gasteiger partial charge is 0.0724 e. The topological polar surface area (TPSA) is 18.5 Å². The van der Waals surface area contributed by atoms with E-state index < -0.39 is 0 Å². The lowest BCUT2D eigenvalue weighted by Crippen LogP contribution is -2.34. The van der Waals surface area contributed by atoms with Crippen LogP contribution in [0.5, 0.6) is 0 Å². The van der Waals surface area contributed by atoms with Gasteiger partial charge in [0, 0.05) is 0 Å². The van der Waals surface area contributed by atoms with Crippen LogP contribution in [0.25, 0.3) is 0 Å². The Morgan fingerprint density at radius 1 is 0.700 bits per heavy atom.